The van der Waals surface area contributed by atoms with Gasteiger partial charge in [0.05, 0.1) is 17.6 Å². The molecule has 0 bridgehead atoms. The number of likely N-dealkylation sites (N-methyl/N-ethyl adjacent to an activating group) is 1. The molecule has 9 nitrogen and oxygen atoms in total. The third kappa shape index (κ3) is 5.12. The highest BCUT2D eigenvalue weighted by molar-refractivity contribution is 5.58. The molecule has 1 aromatic rings. The second-order valence-electron chi connectivity index (χ2n) is 4.58. The predicted molar refractivity (Wildman–Crippen MR) is 78.6 cm³/mol. The Bertz CT molecular complexity index is 471. The fourth-order valence-electron chi connectivity index (χ4n) is 1.75. The molecule has 0 aliphatic heterocycles. The fourth-order valence-corrected chi connectivity index (χ4v) is 1.75. The van der Waals surface area contributed by atoms with Crippen LogP contribution in [0.3, 0.4) is 0 Å². The van der Waals surface area contributed by atoms with E-state index in [9.17, 15) is 15.2 Å². The van der Waals surface area contributed by atoms with E-state index in [1.807, 2.05) is 6.92 Å². The molecule has 0 spiro atoms. The molecular formula is C12H21N5O4. The number of aliphatic hydroxyl groups excluding tert-OH is 1. The van der Waals surface area contributed by atoms with Crippen LogP contribution in [-0.2, 0) is 4.74 Å². The number of hydrogen-bond acceptors (Lipinski definition) is 8. The number of aromatic nitrogens is 2. The van der Waals surface area contributed by atoms with Crippen LogP contribution in [0, 0.1) is 10.1 Å². The molecule has 0 radical (unpaired) electrons. The van der Waals surface area contributed by atoms with E-state index in [4.69, 9.17) is 4.74 Å². The van der Waals surface area contributed by atoms with Gasteiger partial charge in [-0.05, 0) is 6.42 Å². The van der Waals surface area contributed by atoms with Gasteiger partial charge in [0.1, 0.15) is 6.20 Å². The van der Waals surface area contributed by atoms with Crippen molar-refractivity contribution in [3.63, 3.8) is 0 Å². The standard InChI is InChI=1S/C12H21N5O4/c1-4-5-13-12-14-6-10(17(19)20)11(15-12)16(2)7-9(18)8-21-3/h6,9,18H,4-5,7-8H2,1-3H3,(H,13,14,15). The zero-order valence-electron chi connectivity index (χ0n) is 12.4. The molecule has 1 heterocycles. The SMILES string of the molecule is CCCNc1ncc([N+](=O)[O-])c(N(C)CC(O)COC)n1. The summed E-state index contributed by atoms with van der Waals surface area (Å²) in [4.78, 5) is 20.1. The summed E-state index contributed by atoms with van der Waals surface area (Å²) >= 11 is 0. The lowest BCUT2D eigenvalue weighted by Gasteiger charge is -2.21. The molecule has 1 aromatic heterocycles. The van der Waals surface area contributed by atoms with Gasteiger partial charge < -0.3 is 20.1 Å². The number of methoxy groups -OCH3 is 1. The molecule has 0 fully saturated rings. The summed E-state index contributed by atoms with van der Waals surface area (Å²) in [5.41, 5.74) is -0.204. The Labute approximate surface area is 123 Å². The molecular weight excluding hydrogens is 278 g/mol. The molecule has 1 atom stereocenters. The largest absolute Gasteiger partial charge is 0.389 e. The summed E-state index contributed by atoms with van der Waals surface area (Å²) in [6, 6.07) is 0. The van der Waals surface area contributed by atoms with Crippen molar-refractivity contribution in [1.29, 1.82) is 0 Å². The number of nitrogens with zero attached hydrogens (tertiary/aromatic N) is 4. The zero-order valence-corrected chi connectivity index (χ0v) is 12.4. The van der Waals surface area contributed by atoms with Crippen molar-refractivity contribution >= 4 is 17.5 Å². The maximum absolute atomic E-state index is 11.1. The van der Waals surface area contributed by atoms with Gasteiger partial charge in [0.15, 0.2) is 0 Å². The third-order valence-electron chi connectivity index (χ3n) is 2.69. The van der Waals surface area contributed by atoms with Gasteiger partial charge in [-0.15, -0.1) is 0 Å². The molecule has 21 heavy (non-hydrogen) atoms. The van der Waals surface area contributed by atoms with Crippen LogP contribution < -0.4 is 10.2 Å². The van der Waals surface area contributed by atoms with Gasteiger partial charge in [-0.1, -0.05) is 6.92 Å². The first-order valence-corrected chi connectivity index (χ1v) is 6.63. The molecule has 2 N–H and O–H groups in total. The molecule has 9 heteroatoms. The topological polar surface area (TPSA) is 114 Å². The van der Waals surface area contributed by atoms with E-state index in [1.54, 1.807) is 7.05 Å². The van der Waals surface area contributed by atoms with Gasteiger partial charge in [-0.2, -0.15) is 4.98 Å². The Kier molecular flexibility index (Phi) is 6.76. The van der Waals surface area contributed by atoms with Gasteiger partial charge in [0.25, 0.3) is 0 Å². The van der Waals surface area contributed by atoms with Gasteiger partial charge in [0.2, 0.25) is 11.8 Å². The first kappa shape index (κ1) is 17.1. The summed E-state index contributed by atoms with van der Waals surface area (Å²) in [6.07, 6.45) is 1.29. The number of hydrogen-bond donors (Lipinski definition) is 2. The highest BCUT2D eigenvalue weighted by Crippen LogP contribution is 2.25. The van der Waals surface area contributed by atoms with Crippen LogP contribution in [-0.4, -0.2) is 60.0 Å². The van der Waals surface area contributed by atoms with Crippen molar-refractivity contribution < 1.29 is 14.8 Å². The molecule has 0 saturated heterocycles. The predicted octanol–water partition coefficient (Wildman–Crippen LogP) is 0.650. The minimum absolute atomic E-state index is 0.143. The summed E-state index contributed by atoms with van der Waals surface area (Å²) in [6.45, 7) is 2.98. The van der Waals surface area contributed by atoms with Gasteiger partial charge in [-0.25, -0.2) is 4.98 Å². The van der Waals surface area contributed by atoms with Crippen LogP contribution in [0.15, 0.2) is 6.20 Å². The van der Waals surface area contributed by atoms with Crippen molar-refractivity contribution in [2.45, 2.75) is 19.4 Å². The third-order valence-corrected chi connectivity index (χ3v) is 2.69. The van der Waals surface area contributed by atoms with E-state index >= 15 is 0 Å². The average molecular weight is 299 g/mol. The molecule has 0 aliphatic carbocycles. The normalized spacial score (nSPS) is 12.0. The number of nitrogens with one attached hydrogen (secondary N) is 1. The minimum Gasteiger partial charge on any atom is -0.389 e. The summed E-state index contributed by atoms with van der Waals surface area (Å²) in [7, 11) is 3.10. The van der Waals surface area contributed by atoms with Crippen molar-refractivity contribution in [3.05, 3.63) is 16.3 Å². The van der Waals surface area contributed by atoms with Gasteiger partial charge in [0, 0.05) is 27.2 Å². The van der Waals surface area contributed by atoms with Crippen LogP contribution >= 0.6 is 0 Å². The van der Waals surface area contributed by atoms with Crippen LogP contribution in [0.25, 0.3) is 0 Å². The summed E-state index contributed by atoms with van der Waals surface area (Å²) in [5, 5.41) is 23.8. The van der Waals surface area contributed by atoms with Gasteiger partial charge in [-0.3, -0.25) is 10.1 Å². The Balaban J connectivity index is 2.96. The van der Waals surface area contributed by atoms with Crippen LogP contribution in [0.5, 0.6) is 0 Å². The lowest BCUT2D eigenvalue weighted by Crippen LogP contribution is -2.33. The van der Waals surface area contributed by atoms with Gasteiger partial charge >= 0.3 is 5.69 Å². The lowest BCUT2D eigenvalue weighted by molar-refractivity contribution is -0.384. The average Bonchev–Trinajstić information content (AvgIpc) is 2.44. The maximum Gasteiger partial charge on any atom is 0.329 e. The number of ether oxygens (including phenoxy) is 1. The number of nitro groups is 1. The van der Waals surface area contributed by atoms with E-state index in [-0.39, 0.29) is 24.7 Å². The van der Waals surface area contributed by atoms with E-state index in [0.29, 0.717) is 12.5 Å². The van der Waals surface area contributed by atoms with Crippen LogP contribution in [0.2, 0.25) is 0 Å². The second-order valence-corrected chi connectivity index (χ2v) is 4.58. The number of aliphatic hydroxyl groups is 1. The molecule has 0 saturated carbocycles. The molecule has 0 aliphatic rings. The Morgan fingerprint density at radius 1 is 1.62 bits per heavy atom. The van der Waals surface area contributed by atoms with Crippen molar-refractivity contribution in [1.82, 2.24) is 9.97 Å². The quantitative estimate of drug-likeness (QED) is 0.504. The smallest absolute Gasteiger partial charge is 0.329 e. The highest BCUT2D eigenvalue weighted by atomic mass is 16.6. The zero-order chi connectivity index (χ0) is 15.8. The molecule has 0 aromatic carbocycles. The van der Waals surface area contributed by atoms with Crippen molar-refractivity contribution in [2.75, 3.05) is 44.1 Å². The van der Waals surface area contributed by atoms with Crippen LogP contribution in [0.1, 0.15) is 13.3 Å². The highest BCUT2D eigenvalue weighted by Gasteiger charge is 2.22. The molecule has 118 valence electrons. The summed E-state index contributed by atoms with van der Waals surface area (Å²) in [5.74, 6) is 0.481. The summed E-state index contributed by atoms with van der Waals surface area (Å²) < 4.78 is 4.84. The Hall–Kier alpha value is -2.00. The fraction of sp³-hybridized carbons (Fsp3) is 0.667. The Morgan fingerprint density at radius 3 is 2.90 bits per heavy atom. The first-order chi connectivity index (χ1) is 9.99. The van der Waals surface area contributed by atoms with E-state index < -0.39 is 11.0 Å². The van der Waals surface area contributed by atoms with E-state index in [1.165, 1.54) is 18.2 Å². The molecule has 1 unspecified atom stereocenters. The molecule has 0 amide bonds. The number of anilines is 2. The van der Waals surface area contributed by atoms with Crippen molar-refractivity contribution in [3.8, 4) is 0 Å². The monoisotopic (exact) mass is 299 g/mol. The van der Waals surface area contributed by atoms with E-state index in [2.05, 4.69) is 15.3 Å². The minimum atomic E-state index is -0.762. The van der Waals surface area contributed by atoms with E-state index in [0.717, 1.165) is 6.42 Å². The van der Waals surface area contributed by atoms with Crippen molar-refractivity contribution in [2.24, 2.45) is 0 Å². The second kappa shape index (κ2) is 8.32. The van der Waals surface area contributed by atoms with Crippen LogP contribution in [0.4, 0.5) is 17.5 Å². The Morgan fingerprint density at radius 2 is 2.33 bits per heavy atom. The first-order valence-electron chi connectivity index (χ1n) is 6.63. The number of rotatable bonds is 9. The lowest BCUT2D eigenvalue weighted by atomic mass is 10.3. The maximum atomic E-state index is 11.1. The molecule has 1 rings (SSSR count).